The second-order valence-electron chi connectivity index (χ2n) is 5.44. The molecule has 2 aromatic rings. The maximum Gasteiger partial charge on any atom is 0.330 e. The first-order chi connectivity index (χ1) is 11.7. The molecule has 126 valence electrons. The summed E-state index contributed by atoms with van der Waals surface area (Å²) in [6, 6.07) is 20.2. The number of hydrogen-bond donors (Lipinski definition) is 0. The van der Waals surface area contributed by atoms with Gasteiger partial charge in [-0.2, -0.15) is 0 Å². The molecule has 0 bridgehead atoms. The summed E-state index contributed by atoms with van der Waals surface area (Å²) in [5.74, 6) is -0.412. The summed E-state index contributed by atoms with van der Waals surface area (Å²) in [7, 11) is -2.75. The van der Waals surface area contributed by atoms with Crippen LogP contribution >= 0.6 is 0 Å². The van der Waals surface area contributed by atoms with Crippen molar-refractivity contribution in [1.29, 1.82) is 0 Å². The lowest BCUT2D eigenvalue weighted by atomic mass is 10.4. The Balaban J connectivity index is 2.65. The van der Waals surface area contributed by atoms with E-state index in [2.05, 4.69) is 30.8 Å². The summed E-state index contributed by atoms with van der Waals surface area (Å²) in [6.45, 7) is 8.08. The Morgan fingerprint density at radius 1 is 1.04 bits per heavy atom. The fraction of sp³-hybridized carbons (Fsp3) is 0.250. The summed E-state index contributed by atoms with van der Waals surface area (Å²) in [5, 5.41) is 2.20. The Labute approximate surface area is 145 Å². The minimum absolute atomic E-state index is 0.326. The van der Waals surface area contributed by atoms with Gasteiger partial charge in [0.15, 0.2) is 0 Å². The van der Waals surface area contributed by atoms with Gasteiger partial charge in [0.25, 0.3) is 8.32 Å². The van der Waals surface area contributed by atoms with Crippen molar-refractivity contribution in [2.75, 3.05) is 6.61 Å². The van der Waals surface area contributed by atoms with Gasteiger partial charge in [-0.25, -0.2) is 4.79 Å². The molecule has 0 fully saturated rings. The first-order valence-corrected chi connectivity index (χ1v) is 10.3. The Bertz CT molecular complexity index is 616. The molecule has 0 aliphatic heterocycles. The van der Waals surface area contributed by atoms with Crippen molar-refractivity contribution in [2.45, 2.75) is 26.0 Å². The third kappa shape index (κ3) is 3.66. The van der Waals surface area contributed by atoms with Crippen molar-refractivity contribution in [2.24, 2.45) is 0 Å². The molecule has 4 heteroatoms. The van der Waals surface area contributed by atoms with Gasteiger partial charge < -0.3 is 9.16 Å². The average Bonchev–Trinajstić information content (AvgIpc) is 2.65. The number of esters is 1. The van der Waals surface area contributed by atoms with Crippen LogP contribution in [0.4, 0.5) is 0 Å². The van der Waals surface area contributed by atoms with Gasteiger partial charge in [-0.15, -0.1) is 0 Å². The summed E-state index contributed by atoms with van der Waals surface area (Å²) >= 11 is 0. The van der Waals surface area contributed by atoms with E-state index in [0.29, 0.717) is 13.0 Å². The number of hydrogen-bond acceptors (Lipinski definition) is 3. The molecule has 0 radical (unpaired) electrons. The van der Waals surface area contributed by atoms with E-state index in [4.69, 9.17) is 9.16 Å². The Hall–Kier alpha value is -2.17. The summed E-state index contributed by atoms with van der Waals surface area (Å²) in [4.78, 5) is 11.9. The highest BCUT2D eigenvalue weighted by atomic mass is 28.4. The van der Waals surface area contributed by atoms with E-state index in [9.17, 15) is 4.79 Å². The first kappa shape index (κ1) is 18.2. The van der Waals surface area contributed by atoms with E-state index < -0.39 is 14.3 Å². The van der Waals surface area contributed by atoms with Gasteiger partial charge >= 0.3 is 5.97 Å². The van der Waals surface area contributed by atoms with Crippen LogP contribution in [0.1, 0.15) is 20.3 Å². The van der Waals surface area contributed by atoms with Crippen LogP contribution in [0.15, 0.2) is 73.3 Å². The highest BCUT2D eigenvalue weighted by Gasteiger charge is 2.48. The standard InChI is InChI=1S/C20H24O3Si/c1-4-19(21)23-20(5-2)24(22-6-3,17-13-9-7-10-14-17)18-15-11-8-12-16-18/h4,7-16,20H,1,5-6H2,2-3H3. The molecule has 0 saturated carbocycles. The molecule has 2 aromatic carbocycles. The third-order valence-corrected chi connectivity index (χ3v) is 8.59. The molecule has 1 unspecified atom stereocenters. The molecule has 0 saturated heterocycles. The number of ether oxygens (including phenoxy) is 1. The largest absolute Gasteiger partial charge is 0.459 e. The third-order valence-electron chi connectivity index (χ3n) is 4.03. The Morgan fingerprint density at radius 3 is 1.92 bits per heavy atom. The van der Waals surface area contributed by atoms with Crippen molar-refractivity contribution in [1.82, 2.24) is 0 Å². The molecule has 0 N–H and O–H groups in total. The second-order valence-corrected chi connectivity index (χ2v) is 9.00. The lowest BCUT2D eigenvalue weighted by Crippen LogP contribution is -2.69. The minimum atomic E-state index is -2.75. The highest BCUT2D eigenvalue weighted by molar-refractivity contribution is 6.98. The molecule has 0 aromatic heterocycles. The van der Waals surface area contributed by atoms with E-state index >= 15 is 0 Å². The quantitative estimate of drug-likeness (QED) is 0.421. The highest BCUT2D eigenvalue weighted by Crippen LogP contribution is 2.19. The molecule has 3 nitrogen and oxygen atoms in total. The topological polar surface area (TPSA) is 35.5 Å². The Kier molecular flexibility index (Phi) is 6.52. The molecule has 24 heavy (non-hydrogen) atoms. The van der Waals surface area contributed by atoms with E-state index in [1.165, 1.54) is 6.08 Å². The molecular weight excluding hydrogens is 316 g/mol. The molecule has 0 amide bonds. The molecule has 0 aliphatic carbocycles. The van der Waals surface area contributed by atoms with Gasteiger partial charge in [0.2, 0.25) is 0 Å². The van der Waals surface area contributed by atoms with Crippen molar-refractivity contribution < 1.29 is 14.0 Å². The van der Waals surface area contributed by atoms with Crippen molar-refractivity contribution in [3.8, 4) is 0 Å². The molecule has 0 spiro atoms. The molecule has 0 heterocycles. The smallest absolute Gasteiger partial charge is 0.330 e. The Morgan fingerprint density at radius 2 is 1.54 bits per heavy atom. The lowest BCUT2D eigenvalue weighted by Gasteiger charge is -2.37. The fourth-order valence-electron chi connectivity index (χ4n) is 3.04. The van der Waals surface area contributed by atoms with Crippen LogP contribution < -0.4 is 10.4 Å². The van der Waals surface area contributed by atoms with Crippen molar-refractivity contribution >= 4 is 24.7 Å². The van der Waals surface area contributed by atoms with Gasteiger partial charge in [-0.1, -0.05) is 74.2 Å². The van der Waals surface area contributed by atoms with Gasteiger partial charge in [-0.3, -0.25) is 0 Å². The SMILES string of the molecule is C=CC(=O)OC(CC)[Si](OCC)(c1ccccc1)c1ccccc1. The van der Waals surface area contributed by atoms with E-state index in [1.807, 2.05) is 50.2 Å². The van der Waals surface area contributed by atoms with Gasteiger partial charge in [0, 0.05) is 12.7 Å². The van der Waals surface area contributed by atoms with Gasteiger partial charge in [-0.05, 0) is 23.7 Å². The summed E-state index contributed by atoms with van der Waals surface area (Å²) in [6.07, 6.45) is 1.89. The van der Waals surface area contributed by atoms with E-state index in [-0.39, 0.29) is 5.73 Å². The zero-order chi connectivity index (χ0) is 17.4. The predicted octanol–water partition coefficient (Wildman–Crippen LogP) is 2.83. The van der Waals surface area contributed by atoms with Crippen LogP contribution in [0, 0.1) is 0 Å². The van der Waals surface area contributed by atoms with Crippen LogP contribution in [0.3, 0.4) is 0 Å². The van der Waals surface area contributed by atoms with Crippen LogP contribution in [0.25, 0.3) is 0 Å². The predicted molar refractivity (Wildman–Crippen MR) is 99.9 cm³/mol. The average molecular weight is 340 g/mol. The van der Waals surface area contributed by atoms with Crippen molar-refractivity contribution in [3.63, 3.8) is 0 Å². The molecule has 1 atom stereocenters. The van der Waals surface area contributed by atoms with Gasteiger partial charge in [0.1, 0.15) is 5.73 Å². The number of rotatable bonds is 8. The molecule has 2 rings (SSSR count). The van der Waals surface area contributed by atoms with Crippen LogP contribution in [0.5, 0.6) is 0 Å². The minimum Gasteiger partial charge on any atom is -0.459 e. The summed E-state index contributed by atoms with van der Waals surface area (Å²) < 4.78 is 12.2. The number of benzene rings is 2. The van der Waals surface area contributed by atoms with Crippen LogP contribution in [-0.4, -0.2) is 26.6 Å². The molecular formula is C20H24O3Si. The maximum atomic E-state index is 11.9. The monoisotopic (exact) mass is 340 g/mol. The zero-order valence-corrected chi connectivity index (χ0v) is 15.3. The fourth-order valence-corrected chi connectivity index (χ4v) is 7.32. The normalized spacial score (nSPS) is 12.4. The summed E-state index contributed by atoms with van der Waals surface area (Å²) in [5.41, 5.74) is -0.326. The van der Waals surface area contributed by atoms with E-state index in [1.54, 1.807) is 0 Å². The van der Waals surface area contributed by atoms with Crippen molar-refractivity contribution in [3.05, 3.63) is 73.3 Å². The van der Waals surface area contributed by atoms with Crippen LogP contribution in [-0.2, 0) is 14.0 Å². The lowest BCUT2D eigenvalue weighted by molar-refractivity contribution is -0.140. The van der Waals surface area contributed by atoms with E-state index in [0.717, 1.165) is 10.4 Å². The second kappa shape index (κ2) is 8.62. The molecule has 0 aliphatic rings. The van der Waals surface area contributed by atoms with Crippen LogP contribution in [0.2, 0.25) is 0 Å². The zero-order valence-electron chi connectivity index (χ0n) is 14.3. The number of carbonyl (C=O) groups is 1. The maximum absolute atomic E-state index is 11.9. The van der Waals surface area contributed by atoms with Gasteiger partial charge in [0.05, 0.1) is 0 Å². The first-order valence-electron chi connectivity index (χ1n) is 8.27. The number of carbonyl (C=O) groups excluding carboxylic acids is 1.